The normalized spacial score (nSPS) is 22.3. The van der Waals surface area contributed by atoms with Crippen LogP contribution in [0.3, 0.4) is 0 Å². The van der Waals surface area contributed by atoms with E-state index in [1.165, 1.54) is 12.1 Å². The Bertz CT molecular complexity index is 620. The first-order valence-corrected chi connectivity index (χ1v) is 7.79. The van der Waals surface area contributed by atoms with Gasteiger partial charge in [0.2, 0.25) is 10.0 Å². The third kappa shape index (κ3) is 3.17. The average molecular weight is 299 g/mol. The first-order chi connectivity index (χ1) is 9.29. The van der Waals surface area contributed by atoms with Gasteiger partial charge in [0, 0.05) is 6.54 Å². The summed E-state index contributed by atoms with van der Waals surface area (Å²) in [6, 6.07) is 4.01. The zero-order valence-corrected chi connectivity index (χ0v) is 11.9. The highest BCUT2D eigenvalue weighted by Gasteiger charge is 2.29. The standard InChI is InChI=1S/C13H17NO5S/c1-8-2-3-10(13(16)17)6-12(8)20(18,19)14-7-9-4-11(15)5-9/h2-3,6,9,11,14-15H,4-5,7H2,1H3,(H,16,17). The molecule has 0 aromatic heterocycles. The van der Waals surface area contributed by atoms with Gasteiger partial charge in [-0.2, -0.15) is 0 Å². The first kappa shape index (κ1) is 15.0. The van der Waals surface area contributed by atoms with E-state index < -0.39 is 16.0 Å². The number of sulfonamides is 1. The molecular weight excluding hydrogens is 282 g/mol. The van der Waals surface area contributed by atoms with Gasteiger partial charge in [-0.3, -0.25) is 0 Å². The lowest BCUT2D eigenvalue weighted by Gasteiger charge is -2.31. The zero-order valence-electron chi connectivity index (χ0n) is 11.0. The van der Waals surface area contributed by atoms with Crippen molar-refractivity contribution in [3.05, 3.63) is 29.3 Å². The minimum atomic E-state index is -3.73. The molecule has 1 aliphatic carbocycles. The summed E-state index contributed by atoms with van der Waals surface area (Å²) in [5, 5.41) is 18.1. The Morgan fingerprint density at radius 1 is 1.40 bits per heavy atom. The van der Waals surface area contributed by atoms with Gasteiger partial charge in [0.15, 0.2) is 0 Å². The molecule has 20 heavy (non-hydrogen) atoms. The SMILES string of the molecule is Cc1ccc(C(=O)O)cc1S(=O)(=O)NCC1CC(O)C1. The number of carbonyl (C=O) groups is 1. The Kier molecular flexibility index (Phi) is 4.12. The summed E-state index contributed by atoms with van der Waals surface area (Å²) in [6.45, 7) is 1.88. The lowest BCUT2D eigenvalue weighted by molar-refractivity contribution is 0.0453. The molecule has 0 bridgehead atoms. The van der Waals surface area contributed by atoms with Crippen LogP contribution in [-0.4, -0.2) is 37.2 Å². The molecule has 1 aliphatic rings. The van der Waals surface area contributed by atoms with Crippen LogP contribution in [0, 0.1) is 12.8 Å². The number of hydrogen-bond donors (Lipinski definition) is 3. The fourth-order valence-corrected chi connectivity index (χ4v) is 3.58. The van der Waals surface area contributed by atoms with Gasteiger partial charge < -0.3 is 10.2 Å². The summed E-state index contributed by atoms with van der Waals surface area (Å²) in [5.74, 6) is -1.02. The summed E-state index contributed by atoms with van der Waals surface area (Å²) in [6.07, 6.45) is 0.856. The average Bonchev–Trinajstić information content (AvgIpc) is 2.33. The Morgan fingerprint density at radius 2 is 2.05 bits per heavy atom. The van der Waals surface area contributed by atoms with Crippen molar-refractivity contribution >= 4 is 16.0 Å². The van der Waals surface area contributed by atoms with Crippen LogP contribution in [0.15, 0.2) is 23.1 Å². The number of carboxylic acid groups (broad SMARTS) is 1. The van der Waals surface area contributed by atoms with E-state index in [9.17, 15) is 13.2 Å². The van der Waals surface area contributed by atoms with Crippen LogP contribution in [-0.2, 0) is 10.0 Å². The number of aromatic carboxylic acids is 1. The van der Waals surface area contributed by atoms with E-state index in [0.29, 0.717) is 18.4 Å². The molecule has 0 atom stereocenters. The van der Waals surface area contributed by atoms with Crippen molar-refractivity contribution < 1.29 is 23.4 Å². The summed E-state index contributed by atoms with van der Waals surface area (Å²) >= 11 is 0. The van der Waals surface area contributed by atoms with Crippen molar-refractivity contribution in [1.29, 1.82) is 0 Å². The van der Waals surface area contributed by atoms with Crippen LogP contribution in [0.5, 0.6) is 0 Å². The third-order valence-electron chi connectivity index (χ3n) is 3.50. The first-order valence-electron chi connectivity index (χ1n) is 6.31. The zero-order chi connectivity index (χ0) is 14.9. The van der Waals surface area contributed by atoms with Gasteiger partial charge in [0.05, 0.1) is 16.6 Å². The van der Waals surface area contributed by atoms with Crippen molar-refractivity contribution in [1.82, 2.24) is 4.72 Å². The summed E-state index contributed by atoms with van der Waals surface area (Å²) in [7, 11) is -3.73. The Labute approximate surface area is 117 Å². The molecule has 6 nitrogen and oxygen atoms in total. The number of aliphatic hydroxyl groups excluding tert-OH is 1. The predicted molar refractivity (Wildman–Crippen MR) is 72.1 cm³/mol. The molecule has 1 aromatic rings. The van der Waals surface area contributed by atoms with Gasteiger partial charge in [-0.15, -0.1) is 0 Å². The van der Waals surface area contributed by atoms with E-state index in [0.717, 1.165) is 6.07 Å². The van der Waals surface area contributed by atoms with E-state index in [1.54, 1.807) is 6.92 Å². The number of rotatable bonds is 5. The van der Waals surface area contributed by atoms with Crippen LogP contribution in [0.1, 0.15) is 28.8 Å². The second-order valence-electron chi connectivity index (χ2n) is 5.13. The topological polar surface area (TPSA) is 104 Å². The van der Waals surface area contributed by atoms with Crippen molar-refractivity contribution in [3.63, 3.8) is 0 Å². The monoisotopic (exact) mass is 299 g/mol. The molecular formula is C13H17NO5S. The number of nitrogens with one attached hydrogen (secondary N) is 1. The highest BCUT2D eigenvalue weighted by atomic mass is 32.2. The van der Waals surface area contributed by atoms with E-state index in [4.69, 9.17) is 10.2 Å². The molecule has 110 valence electrons. The largest absolute Gasteiger partial charge is 0.478 e. The molecule has 0 unspecified atom stereocenters. The number of benzene rings is 1. The quantitative estimate of drug-likeness (QED) is 0.744. The van der Waals surface area contributed by atoms with E-state index in [2.05, 4.69) is 4.72 Å². The molecule has 7 heteroatoms. The summed E-state index contributed by atoms with van der Waals surface area (Å²) in [4.78, 5) is 10.9. The van der Waals surface area contributed by atoms with Crippen molar-refractivity contribution in [2.75, 3.05) is 6.54 Å². The number of aryl methyl sites for hydroxylation is 1. The van der Waals surface area contributed by atoms with E-state index in [-0.39, 0.29) is 29.0 Å². The van der Waals surface area contributed by atoms with Gasteiger partial charge >= 0.3 is 5.97 Å². The maximum atomic E-state index is 12.2. The highest BCUT2D eigenvalue weighted by molar-refractivity contribution is 7.89. The Hall–Kier alpha value is -1.44. The van der Waals surface area contributed by atoms with Crippen molar-refractivity contribution in [2.45, 2.75) is 30.8 Å². The minimum absolute atomic E-state index is 0.0164. The van der Waals surface area contributed by atoms with E-state index in [1.807, 2.05) is 0 Å². The molecule has 1 aromatic carbocycles. The molecule has 2 rings (SSSR count). The number of carboxylic acids is 1. The lowest BCUT2D eigenvalue weighted by atomic mass is 9.83. The molecule has 1 fully saturated rings. The number of aliphatic hydroxyl groups is 1. The van der Waals surface area contributed by atoms with Gasteiger partial charge in [-0.25, -0.2) is 17.9 Å². The van der Waals surface area contributed by atoms with Gasteiger partial charge in [-0.1, -0.05) is 6.07 Å². The molecule has 0 spiro atoms. The highest BCUT2D eigenvalue weighted by Crippen LogP contribution is 2.27. The molecule has 3 N–H and O–H groups in total. The molecule has 0 amide bonds. The van der Waals surface area contributed by atoms with Gasteiger partial charge in [-0.05, 0) is 43.4 Å². The maximum absolute atomic E-state index is 12.2. The van der Waals surface area contributed by atoms with Crippen LogP contribution in [0.4, 0.5) is 0 Å². The molecule has 1 saturated carbocycles. The molecule has 0 heterocycles. The van der Waals surface area contributed by atoms with Crippen LogP contribution in [0.2, 0.25) is 0 Å². The summed E-state index contributed by atoms with van der Waals surface area (Å²) in [5.41, 5.74) is 0.436. The van der Waals surface area contributed by atoms with Crippen LogP contribution >= 0.6 is 0 Å². The molecule has 0 radical (unpaired) electrons. The van der Waals surface area contributed by atoms with Gasteiger partial charge in [0.1, 0.15) is 0 Å². The van der Waals surface area contributed by atoms with Crippen LogP contribution < -0.4 is 4.72 Å². The molecule has 0 saturated heterocycles. The number of hydrogen-bond acceptors (Lipinski definition) is 4. The fraction of sp³-hybridized carbons (Fsp3) is 0.462. The maximum Gasteiger partial charge on any atom is 0.335 e. The summed E-state index contributed by atoms with van der Waals surface area (Å²) < 4.78 is 26.8. The minimum Gasteiger partial charge on any atom is -0.478 e. The second kappa shape index (κ2) is 5.51. The smallest absolute Gasteiger partial charge is 0.335 e. The lowest BCUT2D eigenvalue weighted by Crippen LogP contribution is -2.38. The fourth-order valence-electron chi connectivity index (χ4n) is 2.20. The second-order valence-corrected chi connectivity index (χ2v) is 6.86. The Morgan fingerprint density at radius 3 is 2.60 bits per heavy atom. The third-order valence-corrected chi connectivity index (χ3v) is 5.06. The Balaban J connectivity index is 2.16. The van der Waals surface area contributed by atoms with Crippen molar-refractivity contribution in [2.24, 2.45) is 5.92 Å². The van der Waals surface area contributed by atoms with Gasteiger partial charge in [0.25, 0.3) is 0 Å². The van der Waals surface area contributed by atoms with Crippen molar-refractivity contribution in [3.8, 4) is 0 Å². The van der Waals surface area contributed by atoms with E-state index >= 15 is 0 Å². The molecule has 0 aliphatic heterocycles. The van der Waals surface area contributed by atoms with Crippen LogP contribution in [0.25, 0.3) is 0 Å². The predicted octanol–water partition coefficient (Wildman–Crippen LogP) is 0.742.